The van der Waals surface area contributed by atoms with E-state index in [-0.39, 0.29) is 12.2 Å². The molecule has 0 aliphatic rings. The lowest BCUT2D eigenvalue weighted by Crippen LogP contribution is -2.14. The maximum absolute atomic E-state index is 12.8. The van der Waals surface area contributed by atoms with Gasteiger partial charge in [0.05, 0.1) is 0 Å². The number of hydrogen-bond donors (Lipinski definition) is 1. The summed E-state index contributed by atoms with van der Waals surface area (Å²) in [6.45, 7) is 5.89. The topological polar surface area (TPSA) is 72.0 Å². The Kier molecular flexibility index (Phi) is 6.08. The van der Waals surface area contributed by atoms with E-state index in [1.807, 2.05) is 87.5 Å². The van der Waals surface area contributed by atoms with Gasteiger partial charge in [0.15, 0.2) is 0 Å². The van der Waals surface area contributed by atoms with Gasteiger partial charge in [-0.05, 0) is 44.0 Å². The minimum absolute atomic E-state index is 0.0845. The van der Waals surface area contributed by atoms with Crippen molar-refractivity contribution in [3.8, 4) is 5.75 Å². The van der Waals surface area contributed by atoms with Crippen LogP contribution in [0, 0.1) is 20.8 Å². The van der Waals surface area contributed by atoms with Gasteiger partial charge in [0.1, 0.15) is 23.7 Å². The molecule has 1 N–H and O–H groups in total. The zero-order valence-corrected chi connectivity index (χ0v) is 18.4. The summed E-state index contributed by atoms with van der Waals surface area (Å²) in [5.41, 5.74) is 5.86. The first-order valence-electron chi connectivity index (χ1n) is 10.5. The zero-order chi connectivity index (χ0) is 22.7. The van der Waals surface area contributed by atoms with Crippen molar-refractivity contribution in [3.63, 3.8) is 0 Å². The first-order chi connectivity index (χ1) is 15.5. The highest BCUT2D eigenvalue weighted by atomic mass is 16.5. The van der Waals surface area contributed by atoms with E-state index in [1.54, 1.807) is 0 Å². The molecular weight excluding hydrogens is 402 g/mol. The van der Waals surface area contributed by atoms with Crippen LogP contribution in [-0.2, 0) is 6.42 Å². The van der Waals surface area contributed by atoms with Crippen molar-refractivity contribution in [2.45, 2.75) is 27.2 Å². The number of oxime groups is 1. The first-order valence-corrected chi connectivity index (χ1v) is 10.5. The predicted octanol–water partition coefficient (Wildman–Crippen LogP) is 5.57. The van der Waals surface area contributed by atoms with Crippen molar-refractivity contribution in [1.82, 2.24) is 0 Å². The zero-order valence-electron chi connectivity index (χ0n) is 18.4. The van der Waals surface area contributed by atoms with Gasteiger partial charge in [-0.2, -0.15) is 0 Å². The molecule has 0 fully saturated rings. The van der Waals surface area contributed by atoms with Gasteiger partial charge in [-0.15, -0.1) is 0 Å². The second-order valence-electron chi connectivity index (χ2n) is 7.92. The maximum Gasteiger partial charge on any atom is 0.340 e. The molecule has 5 nitrogen and oxygen atoms in total. The Morgan fingerprint density at radius 1 is 0.938 bits per heavy atom. The fourth-order valence-corrected chi connectivity index (χ4v) is 3.79. The van der Waals surface area contributed by atoms with Crippen molar-refractivity contribution in [2.24, 2.45) is 5.16 Å². The van der Waals surface area contributed by atoms with Crippen LogP contribution in [0.5, 0.6) is 5.75 Å². The molecule has 0 unspecified atom stereocenters. The summed E-state index contributed by atoms with van der Waals surface area (Å²) in [5, 5.41) is 13.7. The van der Waals surface area contributed by atoms with Crippen LogP contribution in [0.1, 0.15) is 33.4 Å². The quantitative estimate of drug-likeness (QED) is 0.189. The Morgan fingerprint density at radius 2 is 1.66 bits per heavy atom. The van der Waals surface area contributed by atoms with Gasteiger partial charge in [-0.3, -0.25) is 0 Å². The third-order valence-corrected chi connectivity index (χ3v) is 5.75. The Labute approximate surface area is 186 Å². The molecule has 0 atom stereocenters. The Bertz CT molecular complexity index is 1340. The minimum Gasteiger partial charge on any atom is -0.487 e. The largest absolute Gasteiger partial charge is 0.487 e. The standard InChI is InChI=1S/C27H25NO4/c1-17-9-11-21(12-10-17)24(28-30)16-31-25-14-13-22-18(2)23(15-20-7-5-4-6-8-20)27(29)32-26(22)19(25)3/h4-14,30H,15-16H2,1-3H3/b28-24+. The van der Waals surface area contributed by atoms with Crippen LogP contribution in [0.3, 0.4) is 0 Å². The molecule has 0 amide bonds. The molecule has 3 aromatic carbocycles. The monoisotopic (exact) mass is 427 g/mol. The number of ether oxygens (including phenoxy) is 1. The van der Waals surface area contributed by atoms with Gasteiger partial charge in [0, 0.05) is 28.5 Å². The van der Waals surface area contributed by atoms with Crippen LogP contribution in [0.15, 0.2) is 81.1 Å². The molecule has 4 aromatic rings. The van der Waals surface area contributed by atoms with Crippen LogP contribution in [0.25, 0.3) is 11.0 Å². The predicted molar refractivity (Wildman–Crippen MR) is 126 cm³/mol. The fraction of sp³-hybridized carbons (Fsp3) is 0.185. The Hall–Kier alpha value is -3.86. The number of benzene rings is 3. The fourth-order valence-electron chi connectivity index (χ4n) is 3.79. The molecule has 1 heterocycles. The molecule has 0 aliphatic heterocycles. The minimum atomic E-state index is -0.337. The van der Waals surface area contributed by atoms with Gasteiger partial charge in [0.25, 0.3) is 0 Å². The van der Waals surface area contributed by atoms with Crippen LogP contribution < -0.4 is 10.4 Å². The molecule has 0 radical (unpaired) electrons. The highest BCUT2D eigenvalue weighted by Crippen LogP contribution is 2.30. The van der Waals surface area contributed by atoms with Crippen molar-refractivity contribution in [3.05, 3.63) is 111 Å². The number of hydrogen-bond acceptors (Lipinski definition) is 5. The van der Waals surface area contributed by atoms with Gasteiger partial charge in [-0.1, -0.05) is 65.3 Å². The lowest BCUT2D eigenvalue weighted by Gasteiger charge is -2.14. The van der Waals surface area contributed by atoms with Gasteiger partial charge in [0.2, 0.25) is 0 Å². The maximum atomic E-state index is 12.8. The molecule has 5 heteroatoms. The van der Waals surface area contributed by atoms with Crippen LogP contribution in [0.2, 0.25) is 0 Å². The average molecular weight is 428 g/mol. The van der Waals surface area contributed by atoms with E-state index < -0.39 is 0 Å². The summed E-state index contributed by atoms with van der Waals surface area (Å²) < 4.78 is 11.7. The molecule has 1 aromatic heterocycles. The smallest absolute Gasteiger partial charge is 0.340 e. The normalized spacial score (nSPS) is 11.7. The van der Waals surface area contributed by atoms with E-state index in [9.17, 15) is 10.0 Å². The molecule has 0 saturated carbocycles. The lowest BCUT2D eigenvalue weighted by atomic mass is 9.98. The summed E-state index contributed by atoms with van der Waals surface area (Å²) in [6, 6.07) is 21.3. The summed E-state index contributed by atoms with van der Waals surface area (Å²) in [7, 11) is 0. The van der Waals surface area contributed by atoms with E-state index >= 15 is 0 Å². The highest BCUT2D eigenvalue weighted by molar-refractivity contribution is 6.01. The Balaban J connectivity index is 1.63. The van der Waals surface area contributed by atoms with E-state index in [2.05, 4.69) is 5.16 Å². The highest BCUT2D eigenvalue weighted by Gasteiger charge is 2.16. The molecule has 162 valence electrons. The second kappa shape index (κ2) is 9.10. The molecular formula is C27H25NO4. The van der Waals surface area contributed by atoms with Crippen LogP contribution in [0.4, 0.5) is 0 Å². The summed E-state index contributed by atoms with van der Waals surface area (Å²) >= 11 is 0. The third kappa shape index (κ3) is 4.28. The lowest BCUT2D eigenvalue weighted by molar-refractivity contribution is 0.308. The van der Waals surface area contributed by atoms with E-state index in [0.29, 0.717) is 29.0 Å². The summed E-state index contributed by atoms with van der Waals surface area (Å²) in [4.78, 5) is 12.8. The van der Waals surface area contributed by atoms with Crippen molar-refractivity contribution >= 4 is 16.7 Å². The van der Waals surface area contributed by atoms with Crippen molar-refractivity contribution in [2.75, 3.05) is 6.61 Å². The molecule has 0 aliphatic carbocycles. The molecule has 0 saturated heterocycles. The third-order valence-electron chi connectivity index (χ3n) is 5.75. The van der Waals surface area contributed by atoms with Gasteiger partial charge >= 0.3 is 5.63 Å². The van der Waals surface area contributed by atoms with Crippen LogP contribution in [-0.4, -0.2) is 17.5 Å². The molecule has 32 heavy (non-hydrogen) atoms. The summed E-state index contributed by atoms with van der Waals surface area (Å²) in [6.07, 6.45) is 0.523. The van der Waals surface area contributed by atoms with E-state index in [1.165, 1.54) is 0 Å². The number of nitrogens with zero attached hydrogens (tertiary/aromatic N) is 1. The summed E-state index contributed by atoms with van der Waals surface area (Å²) in [5.74, 6) is 0.573. The second-order valence-corrected chi connectivity index (χ2v) is 7.92. The molecule has 0 spiro atoms. The van der Waals surface area contributed by atoms with E-state index in [4.69, 9.17) is 9.15 Å². The number of rotatable bonds is 6. The van der Waals surface area contributed by atoms with Crippen molar-refractivity contribution in [1.29, 1.82) is 0 Å². The van der Waals surface area contributed by atoms with Crippen LogP contribution >= 0.6 is 0 Å². The number of aryl methyl sites for hydroxylation is 3. The van der Waals surface area contributed by atoms with Crippen molar-refractivity contribution < 1.29 is 14.4 Å². The average Bonchev–Trinajstić information content (AvgIpc) is 2.80. The van der Waals surface area contributed by atoms with E-state index in [0.717, 1.165) is 33.2 Å². The van der Waals surface area contributed by atoms with Gasteiger partial charge < -0.3 is 14.4 Å². The first kappa shape index (κ1) is 21.4. The van der Waals surface area contributed by atoms with Gasteiger partial charge in [-0.25, -0.2) is 4.79 Å². The Morgan fingerprint density at radius 3 is 2.34 bits per heavy atom. The number of fused-ring (bicyclic) bond motifs is 1. The molecule has 4 rings (SSSR count). The SMILES string of the molecule is Cc1ccc(/C(COc2ccc3c(C)c(Cc4ccccc4)c(=O)oc3c2C)=N/O)cc1. The molecule has 0 bridgehead atoms.